The fourth-order valence-corrected chi connectivity index (χ4v) is 5.93. The van der Waals surface area contributed by atoms with Crippen LogP contribution >= 0.6 is 0 Å². The fraction of sp³-hybridized carbons (Fsp3) is 0.778. The van der Waals surface area contributed by atoms with E-state index in [4.69, 9.17) is 10.8 Å². The standard InChI is InChI=1S/C27H46N8O3/c28-23-17-24(34-13-15-35(16-14-34)25(36)18-26(37)38)33-27(32-23)31-19-20-7-9-22(10-8-20)30-12-4-11-29-21-5-2-1-3-6-21/h17,20-22,29-30H,1-16,18-19H2,(H,37,38)(H3,28,31,32,33). The highest BCUT2D eigenvalue weighted by Crippen LogP contribution is 2.25. The number of carboxylic acid groups (broad SMARTS) is 1. The van der Waals surface area contributed by atoms with Gasteiger partial charge in [0, 0.05) is 50.9 Å². The van der Waals surface area contributed by atoms with Crippen molar-refractivity contribution in [3.63, 3.8) is 0 Å². The average Bonchev–Trinajstić information content (AvgIpc) is 2.92. The van der Waals surface area contributed by atoms with Crippen LogP contribution in [0.25, 0.3) is 0 Å². The third kappa shape index (κ3) is 8.97. The summed E-state index contributed by atoms with van der Waals surface area (Å²) in [4.78, 5) is 35.5. The maximum Gasteiger partial charge on any atom is 0.312 e. The molecule has 2 heterocycles. The van der Waals surface area contributed by atoms with Crippen molar-refractivity contribution in [2.75, 3.05) is 61.8 Å². The highest BCUT2D eigenvalue weighted by Gasteiger charge is 2.24. The molecule has 2 aliphatic carbocycles. The lowest BCUT2D eigenvalue weighted by atomic mass is 9.86. The zero-order valence-corrected chi connectivity index (χ0v) is 22.7. The molecule has 0 atom stereocenters. The molecule has 3 fully saturated rings. The number of piperazine rings is 1. The van der Waals surface area contributed by atoms with Gasteiger partial charge in [0.15, 0.2) is 0 Å². The van der Waals surface area contributed by atoms with Gasteiger partial charge in [-0.15, -0.1) is 0 Å². The molecular weight excluding hydrogens is 484 g/mol. The van der Waals surface area contributed by atoms with E-state index in [1.165, 1.54) is 64.2 Å². The first-order valence-electron chi connectivity index (χ1n) is 14.6. The summed E-state index contributed by atoms with van der Waals surface area (Å²) in [7, 11) is 0. The molecule has 1 aromatic rings. The van der Waals surface area contributed by atoms with E-state index in [1.54, 1.807) is 11.0 Å². The number of carbonyl (C=O) groups excluding carboxylic acids is 1. The van der Waals surface area contributed by atoms with Crippen LogP contribution in [0.4, 0.5) is 17.6 Å². The molecule has 1 saturated heterocycles. The molecule has 1 amide bonds. The molecule has 0 spiro atoms. The summed E-state index contributed by atoms with van der Waals surface area (Å²) in [5, 5.41) is 19.8. The predicted octanol–water partition coefficient (Wildman–Crippen LogP) is 2.05. The molecule has 0 bridgehead atoms. The van der Waals surface area contributed by atoms with Crippen molar-refractivity contribution < 1.29 is 14.7 Å². The molecule has 1 aliphatic heterocycles. The van der Waals surface area contributed by atoms with Crippen molar-refractivity contribution >= 4 is 29.5 Å². The minimum absolute atomic E-state index is 0.349. The van der Waals surface area contributed by atoms with Crippen molar-refractivity contribution in [2.24, 2.45) is 5.92 Å². The van der Waals surface area contributed by atoms with Crippen molar-refractivity contribution in [1.82, 2.24) is 25.5 Å². The van der Waals surface area contributed by atoms with E-state index in [2.05, 4.69) is 30.8 Å². The van der Waals surface area contributed by atoms with Crippen molar-refractivity contribution in [3.8, 4) is 0 Å². The number of nitrogens with one attached hydrogen (secondary N) is 3. The Morgan fingerprint density at radius 2 is 1.58 bits per heavy atom. The Balaban J connectivity index is 1.12. The van der Waals surface area contributed by atoms with E-state index in [0.717, 1.165) is 31.5 Å². The first kappa shape index (κ1) is 28.4. The molecule has 0 radical (unpaired) electrons. The molecule has 2 saturated carbocycles. The molecule has 3 aliphatic rings. The molecule has 11 nitrogen and oxygen atoms in total. The van der Waals surface area contributed by atoms with E-state index in [1.807, 2.05) is 0 Å². The number of aromatic nitrogens is 2. The smallest absolute Gasteiger partial charge is 0.312 e. The van der Waals surface area contributed by atoms with Crippen molar-refractivity contribution in [3.05, 3.63) is 6.07 Å². The van der Waals surface area contributed by atoms with Gasteiger partial charge in [-0.2, -0.15) is 9.97 Å². The number of nitrogens with zero attached hydrogens (tertiary/aromatic N) is 4. The number of hydrogen-bond acceptors (Lipinski definition) is 9. The summed E-state index contributed by atoms with van der Waals surface area (Å²) in [6.45, 7) is 5.13. The number of rotatable bonds is 12. The summed E-state index contributed by atoms with van der Waals surface area (Å²) in [5.41, 5.74) is 6.07. The van der Waals surface area contributed by atoms with E-state index in [9.17, 15) is 9.59 Å². The molecule has 0 unspecified atom stereocenters. The quantitative estimate of drug-likeness (QED) is 0.201. The van der Waals surface area contributed by atoms with Crippen molar-refractivity contribution in [1.29, 1.82) is 0 Å². The Kier molecular flexibility index (Phi) is 10.8. The van der Waals surface area contributed by atoms with Gasteiger partial charge >= 0.3 is 5.97 Å². The monoisotopic (exact) mass is 530 g/mol. The number of anilines is 3. The van der Waals surface area contributed by atoms with Crippen molar-refractivity contribution in [2.45, 2.75) is 82.7 Å². The zero-order valence-electron chi connectivity index (χ0n) is 22.7. The zero-order chi connectivity index (χ0) is 26.7. The number of carboxylic acids is 1. The maximum atomic E-state index is 12.0. The third-order valence-electron chi connectivity index (χ3n) is 8.21. The Hall–Kier alpha value is -2.66. The largest absolute Gasteiger partial charge is 0.481 e. The van der Waals surface area contributed by atoms with E-state index < -0.39 is 12.4 Å². The van der Waals surface area contributed by atoms with Gasteiger partial charge in [-0.1, -0.05) is 19.3 Å². The second-order valence-corrected chi connectivity index (χ2v) is 11.1. The first-order valence-corrected chi connectivity index (χ1v) is 14.6. The highest BCUT2D eigenvalue weighted by molar-refractivity contribution is 5.93. The van der Waals surface area contributed by atoms with Gasteiger partial charge in [0.1, 0.15) is 18.1 Å². The van der Waals surface area contributed by atoms with Crippen LogP contribution in [0, 0.1) is 5.92 Å². The number of amides is 1. The minimum Gasteiger partial charge on any atom is -0.481 e. The van der Waals surface area contributed by atoms with Gasteiger partial charge in [0.05, 0.1) is 0 Å². The number of carbonyl (C=O) groups is 2. The predicted molar refractivity (Wildman–Crippen MR) is 149 cm³/mol. The summed E-state index contributed by atoms with van der Waals surface area (Å²) in [6, 6.07) is 3.12. The summed E-state index contributed by atoms with van der Waals surface area (Å²) < 4.78 is 0. The number of nitrogen functional groups attached to an aromatic ring is 1. The maximum absolute atomic E-state index is 12.0. The normalized spacial score (nSPS) is 22.8. The van der Waals surface area contributed by atoms with Crippen LogP contribution in [0.1, 0.15) is 70.6 Å². The molecule has 212 valence electrons. The second-order valence-electron chi connectivity index (χ2n) is 11.1. The van der Waals surface area contributed by atoms with Gasteiger partial charge in [0.2, 0.25) is 11.9 Å². The number of nitrogens with two attached hydrogens (primary N) is 1. The van der Waals surface area contributed by atoms with Gasteiger partial charge < -0.3 is 36.6 Å². The van der Waals surface area contributed by atoms with Gasteiger partial charge in [-0.25, -0.2) is 0 Å². The number of aliphatic carboxylic acids is 1. The summed E-state index contributed by atoms with van der Waals surface area (Å²) >= 11 is 0. The second kappa shape index (κ2) is 14.5. The first-order chi connectivity index (χ1) is 18.5. The third-order valence-corrected chi connectivity index (χ3v) is 8.21. The molecule has 0 aromatic carbocycles. The van der Waals surface area contributed by atoms with E-state index in [0.29, 0.717) is 49.9 Å². The average molecular weight is 531 g/mol. The Labute approximate surface area is 226 Å². The Morgan fingerprint density at radius 1 is 0.921 bits per heavy atom. The van der Waals surface area contributed by atoms with Crippen LogP contribution in [0.3, 0.4) is 0 Å². The lowest BCUT2D eigenvalue weighted by Crippen LogP contribution is -2.49. The van der Waals surface area contributed by atoms with Crippen LogP contribution in [0.15, 0.2) is 6.07 Å². The van der Waals surface area contributed by atoms with E-state index >= 15 is 0 Å². The van der Waals surface area contributed by atoms with Crippen LogP contribution in [-0.4, -0.2) is 89.7 Å². The van der Waals surface area contributed by atoms with E-state index in [-0.39, 0.29) is 5.91 Å². The molecule has 6 N–H and O–H groups in total. The highest BCUT2D eigenvalue weighted by atomic mass is 16.4. The fourth-order valence-electron chi connectivity index (χ4n) is 5.93. The van der Waals surface area contributed by atoms with Crippen LogP contribution < -0.4 is 26.6 Å². The lowest BCUT2D eigenvalue weighted by Gasteiger charge is -2.35. The topological polar surface area (TPSA) is 149 Å². The molecule has 38 heavy (non-hydrogen) atoms. The Bertz CT molecular complexity index is 894. The minimum atomic E-state index is -1.10. The molecule has 11 heteroatoms. The van der Waals surface area contributed by atoms with Gasteiger partial charge in [-0.3, -0.25) is 9.59 Å². The van der Waals surface area contributed by atoms with Gasteiger partial charge in [-0.05, 0) is 64.0 Å². The van der Waals surface area contributed by atoms with Gasteiger partial charge in [0.25, 0.3) is 0 Å². The van der Waals surface area contributed by atoms with Crippen LogP contribution in [0.5, 0.6) is 0 Å². The lowest BCUT2D eigenvalue weighted by molar-refractivity contribution is -0.144. The number of hydrogen-bond donors (Lipinski definition) is 5. The molecule has 4 rings (SSSR count). The van der Waals surface area contributed by atoms with Crippen LogP contribution in [-0.2, 0) is 9.59 Å². The molecule has 1 aromatic heterocycles. The van der Waals surface area contributed by atoms with Crippen LogP contribution in [0.2, 0.25) is 0 Å². The SMILES string of the molecule is Nc1cc(N2CCN(C(=O)CC(=O)O)CC2)nc(NCC2CCC(NCCCNC3CCCCC3)CC2)n1. The molecular formula is C27H46N8O3. The summed E-state index contributed by atoms with van der Waals surface area (Å²) in [6.07, 6.45) is 12.4. The Morgan fingerprint density at radius 3 is 2.24 bits per heavy atom. The summed E-state index contributed by atoms with van der Waals surface area (Å²) in [5.74, 6) is 0.828.